The minimum Gasteiger partial charge on any atom is -0.468 e. The van der Waals surface area contributed by atoms with Crippen LogP contribution in [-0.4, -0.2) is 28.0 Å². The van der Waals surface area contributed by atoms with E-state index in [1.165, 1.54) is 7.11 Å². The van der Waals surface area contributed by atoms with E-state index < -0.39 is 16.0 Å². The van der Waals surface area contributed by atoms with Gasteiger partial charge in [-0.15, -0.1) is 0 Å². The number of nitrogens with zero attached hydrogens (tertiary/aromatic N) is 1. The number of hydrogen-bond acceptors (Lipinski definition) is 4. The van der Waals surface area contributed by atoms with Gasteiger partial charge in [-0.05, 0) is 50.1 Å². The molecule has 0 unspecified atom stereocenters. The van der Waals surface area contributed by atoms with E-state index in [0.717, 1.165) is 21.0 Å². The summed E-state index contributed by atoms with van der Waals surface area (Å²) < 4.78 is 31.9. The Kier molecular flexibility index (Phi) is 5.29. The van der Waals surface area contributed by atoms with Crippen molar-refractivity contribution in [3.8, 4) is 0 Å². The van der Waals surface area contributed by atoms with Crippen LogP contribution in [0.25, 0.3) is 0 Å². The minimum absolute atomic E-state index is 0.137. The van der Waals surface area contributed by atoms with E-state index in [1.54, 1.807) is 30.3 Å². The van der Waals surface area contributed by atoms with Gasteiger partial charge in [-0.2, -0.15) is 0 Å². The first-order valence-electron chi connectivity index (χ1n) is 7.49. The molecule has 128 valence electrons. The lowest BCUT2D eigenvalue weighted by Crippen LogP contribution is -2.36. The summed E-state index contributed by atoms with van der Waals surface area (Å²) >= 11 is 0. The van der Waals surface area contributed by atoms with Crippen molar-refractivity contribution < 1.29 is 17.9 Å². The van der Waals surface area contributed by atoms with E-state index in [4.69, 9.17) is 0 Å². The number of esters is 1. The molecule has 0 N–H and O–H groups in total. The van der Waals surface area contributed by atoms with Gasteiger partial charge in [0.05, 0.1) is 17.7 Å². The molecule has 0 saturated heterocycles. The molecule has 0 saturated carbocycles. The summed E-state index contributed by atoms with van der Waals surface area (Å²) in [6.07, 6.45) is 0. The van der Waals surface area contributed by atoms with E-state index in [2.05, 4.69) is 4.74 Å². The predicted molar refractivity (Wildman–Crippen MR) is 93.6 cm³/mol. The Morgan fingerprint density at radius 2 is 1.58 bits per heavy atom. The average molecular weight is 347 g/mol. The van der Waals surface area contributed by atoms with Gasteiger partial charge in [-0.3, -0.25) is 9.10 Å². The van der Waals surface area contributed by atoms with Crippen molar-refractivity contribution in [2.45, 2.75) is 25.7 Å². The van der Waals surface area contributed by atoms with Crippen molar-refractivity contribution in [3.05, 3.63) is 59.2 Å². The van der Waals surface area contributed by atoms with Crippen LogP contribution >= 0.6 is 0 Å². The van der Waals surface area contributed by atoms with Crippen LogP contribution in [0.4, 0.5) is 5.69 Å². The van der Waals surface area contributed by atoms with Gasteiger partial charge in [0.1, 0.15) is 6.54 Å². The fourth-order valence-corrected chi connectivity index (χ4v) is 3.77. The van der Waals surface area contributed by atoms with Crippen LogP contribution in [0.15, 0.2) is 47.4 Å². The first kappa shape index (κ1) is 18.0. The summed E-state index contributed by atoms with van der Waals surface area (Å²) in [6, 6.07) is 12.0. The van der Waals surface area contributed by atoms with E-state index in [1.807, 2.05) is 32.9 Å². The molecular formula is C18H21NO4S. The number of anilines is 1. The second-order valence-electron chi connectivity index (χ2n) is 5.69. The van der Waals surface area contributed by atoms with Crippen molar-refractivity contribution >= 4 is 21.7 Å². The normalized spacial score (nSPS) is 11.2. The molecule has 0 amide bonds. The topological polar surface area (TPSA) is 63.7 Å². The van der Waals surface area contributed by atoms with E-state index >= 15 is 0 Å². The van der Waals surface area contributed by atoms with Gasteiger partial charge in [-0.1, -0.05) is 29.8 Å². The third kappa shape index (κ3) is 3.76. The Hall–Kier alpha value is -2.34. The number of methoxy groups -OCH3 is 1. The summed E-state index contributed by atoms with van der Waals surface area (Å²) in [5, 5.41) is 0. The first-order valence-corrected chi connectivity index (χ1v) is 8.93. The Labute approximate surface area is 142 Å². The molecule has 0 aliphatic heterocycles. The van der Waals surface area contributed by atoms with Gasteiger partial charge in [0.2, 0.25) is 0 Å². The van der Waals surface area contributed by atoms with Gasteiger partial charge in [0.15, 0.2) is 0 Å². The molecular weight excluding hydrogens is 326 g/mol. The Morgan fingerprint density at radius 1 is 1.00 bits per heavy atom. The number of carbonyl (C=O) groups is 1. The minimum atomic E-state index is -3.88. The highest BCUT2D eigenvalue weighted by atomic mass is 32.2. The lowest BCUT2D eigenvalue weighted by atomic mass is 10.1. The lowest BCUT2D eigenvalue weighted by molar-refractivity contribution is -0.138. The zero-order valence-corrected chi connectivity index (χ0v) is 15.1. The van der Waals surface area contributed by atoms with Gasteiger partial charge >= 0.3 is 5.97 Å². The zero-order valence-electron chi connectivity index (χ0n) is 14.2. The first-order chi connectivity index (χ1) is 11.3. The number of benzene rings is 2. The SMILES string of the molecule is COC(=O)CN(c1cc(C)ccc1C)S(=O)(=O)c1ccc(C)cc1. The number of ether oxygens (including phenoxy) is 1. The summed E-state index contributed by atoms with van der Waals surface area (Å²) in [6.45, 7) is 5.19. The van der Waals surface area contributed by atoms with Crippen LogP contribution < -0.4 is 4.31 Å². The number of hydrogen-bond donors (Lipinski definition) is 0. The fraction of sp³-hybridized carbons (Fsp3) is 0.278. The van der Waals surface area contributed by atoms with Gasteiger partial charge in [0.25, 0.3) is 10.0 Å². The van der Waals surface area contributed by atoms with Crippen molar-refractivity contribution in [1.82, 2.24) is 0 Å². The molecule has 0 bridgehead atoms. The maximum absolute atomic E-state index is 13.1. The molecule has 24 heavy (non-hydrogen) atoms. The molecule has 0 aromatic heterocycles. The highest BCUT2D eigenvalue weighted by Gasteiger charge is 2.28. The molecule has 0 radical (unpaired) electrons. The van der Waals surface area contributed by atoms with Crippen LogP contribution in [-0.2, 0) is 19.6 Å². The van der Waals surface area contributed by atoms with Crippen molar-refractivity contribution in [3.63, 3.8) is 0 Å². The molecule has 6 heteroatoms. The predicted octanol–water partition coefficient (Wildman–Crippen LogP) is 2.98. The van der Waals surface area contributed by atoms with Gasteiger partial charge in [0, 0.05) is 0 Å². The quantitative estimate of drug-likeness (QED) is 0.780. The van der Waals surface area contributed by atoms with Crippen LogP contribution in [0, 0.1) is 20.8 Å². The Morgan fingerprint density at radius 3 is 2.17 bits per heavy atom. The van der Waals surface area contributed by atoms with Crippen LogP contribution in [0.5, 0.6) is 0 Å². The summed E-state index contributed by atoms with van der Waals surface area (Å²) in [4.78, 5) is 11.9. The smallest absolute Gasteiger partial charge is 0.326 e. The Balaban J connectivity index is 2.59. The molecule has 2 aromatic carbocycles. The lowest BCUT2D eigenvalue weighted by Gasteiger charge is -2.25. The summed E-state index contributed by atoms with van der Waals surface area (Å²) in [5.41, 5.74) is 3.10. The second-order valence-corrected chi connectivity index (χ2v) is 7.55. The average Bonchev–Trinajstić information content (AvgIpc) is 2.55. The molecule has 0 aliphatic carbocycles. The number of carbonyl (C=O) groups excluding carboxylic acids is 1. The molecule has 2 rings (SSSR count). The number of aryl methyl sites for hydroxylation is 3. The fourth-order valence-electron chi connectivity index (χ4n) is 2.31. The number of sulfonamides is 1. The highest BCUT2D eigenvalue weighted by Crippen LogP contribution is 2.28. The molecule has 2 aromatic rings. The maximum Gasteiger partial charge on any atom is 0.326 e. The highest BCUT2D eigenvalue weighted by molar-refractivity contribution is 7.92. The monoisotopic (exact) mass is 347 g/mol. The van der Waals surface area contributed by atoms with Gasteiger partial charge < -0.3 is 4.74 Å². The third-order valence-corrected chi connectivity index (χ3v) is 5.52. The summed E-state index contributed by atoms with van der Waals surface area (Å²) in [7, 11) is -2.64. The van der Waals surface area contributed by atoms with Crippen molar-refractivity contribution in [1.29, 1.82) is 0 Å². The number of rotatable bonds is 5. The molecule has 0 atom stereocenters. The van der Waals surface area contributed by atoms with Crippen LogP contribution in [0.3, 0.4) is 0 Å². The van der Waals surface area contributed by atoms with Gasteiger partial charge in [-0.25, -0.2) is 8.42 Å². The molecule has 5 nitrogen and oxygen atoms in total. The standard InChI is InChI=1S/C18H21NO4S/c1-13-6-9-16(10-7-13)24(21,22)19(12-18(20)23-4)17-11-14(2)5-8-15(17)3/h5-11H,12H2,1-4H3. The molecule has 0 heterocycles. The summed E-state index contributed by atoms with van der Waals surface area (Å²) in [5.74, 6) is -0.619. The molecule has 0 fully saturated rings. The maximum atomic E-state index is 13.1. The molecule has 0 aliphatic rings. The van der Waals surface area contributed by atoms with E-state index in [-0.39, 0.29) is 11.4 Å². The second kappa shape index (κ2) is 7.05. The van der Waals surface area contributed by atoms with Crippen LogP contribution in [0.2, 0.25) is 0 Å². The third-order valence-electron chi connectivity index (χ3n) is 3.74. The zero-order chi connectivity index (χ0) is 17.9. The van der Waals surface area contributed by atoms with Crippen molar-refractivity contribution in [2.24, 2.45) is 0 Å². The largest absolute Gasteiger partial charge is 0.468 e. The van der Waals surface area contributed by atoms with E-state index in [9.17, 15) is 13.2 Å². The molecule has 0 spiro atoms. The van der Waals surface area contributed by atoms with Crippen molar-refractivity contribution in [2.75, 3.05) is 18.0 Å². The Bertz CT molecular complexity index is 842. The van der Waals surface area contributed by atoms with E-state index in [0.29, 0.717) is 5.69 Å². The van der Waals surface area contributed by atoms with Crippen LogP contribution in [0.1, 0.15) is 16.7 Å².